The summed E-state index contributed by atoms with van der Waals surface area (Å²) in [6.07, 6.45) is 1.81. The summed E-state index contributed by atoms with van der Waals surface area (Å²) in [4.78, 5) is 10.6. The number of nitrogens with one attached hydrogen (secondary N) is 3. The van der Waals surface area contributed by atoms with Crippen LogP contribution in [0.15, 0.2) is 54.6 Å². The van der Waals surface area contributed by atoms with E-state index in [0.29, 0.717) is 11.3 Å². The van der Waals surface area contributed by atoms with Crippen LogP contribution in [0.2, 0.25) is 0 Å². The minimum absolute atomic E-state index is 0.170. The van der Waals surface area contributed by atoms with Crippen molar-refractivity contribution in [3.8, 4) is 0 Å². The largest absolute Gasteiger partial charge is 0.478 e. The Hall–Kier alpha value is -3.32. The maximum atomic E-state index is 10.6. The highest BCUT2D eigenvalue weighted by molar-refractivity contribution is 5.89. The number of carboxylic acid groups (broad SMARTS) is 1. The number of aliphatic hydroxyl groups is 1. The summed E-state index contributed by atoms with van der Waals surface area (Å²) in [5, 5.41) is 32.0. The number of hydrogen-bond acceptors (Lipinski definition) is 4. The number of aliphatic hydroxyl groups excluding tert-OH is 1. The fourth-order valence-electron chi connectivity index (χ4n) is 2.23. The first-order chi connectivity index (χ1) is 11.9. The van der Waals surface area contributed by atoms with Crippen LogP contribution in [0.4, 0.5) is 11.4 Å². The molecule has 0 radical (unpaired) electrons. The van der Waals surface area contributed by atoms with Gasteiger partial charge in [0.1, 0.15) is 0 Å². The number of rotatable bonds is 7. The third-order valence-electron chi connectivity index (χ3n) is 3.35. The second-order valence-electron chi connectivity index (χ2n) is 5.36. The van der Waals surface area contributed by atoms with Crippen LogP contribution in [0.3, 0.4) is 0 Å². The Morgan fingerprint density at radius 3 is 2.64 bits per heavy atom. The van der Waals surface area contributed by atoms with Crippen molar-refractivity contribution in [2.75, 3.05) is 17.2 Å². The van der Waals surface area contributed by atoms with Crippen LogP contribution in [-0.2, 0) is 4.79 Å². The van der Waals surface area contributed by atoms with Gasteiger partial charge in [-0.1, -0.05) is 24.3 Å². The highest BCUT2D eigenvalue weighted by Gasteiger charge is 2.08. The lowest BCUT2D eigenvalue weighted by molar-refractivity contribution is -0.131. The zero-order chi connectivity index (χ0) is 18.2. The number of anilines is 2. The SMILES string of the molecule is N=C(N)Nc1cccc(C(O)CNc2cccc(C=CC(=O)O)c2)c1. The highest BCUT2D eigenvalue weighted by Crippen LogP contribution is 2.19. The van der Waals surface area contributed by atoms with Crippen molar-refractivity contribution in [2.45, 2.75) is 6.10 Å². The number of hydrogen-bond donors (Lipinski definition) is 6. The van der Waals surface area contributed by atoms with Gasteiger partial charge in [-0.3, -0.25) is 5.41 Å². The van der Waals surface area contributed by atoms with Crippen LogP contribution in [0.25, 0.3) is 6.08 Å². The molecule has 0 fully saturated rings. The first-order valence-corrected chi connectivity index (χ1v) is 7.58. The van der Waals surface area contributed by atoms with E-state index in [0.717, 1.165) is 17.3 Å². The average molecular weight is 340 g/mol. The highest BCUT2D eigenvalue weighted by atomic mass is 16.4. The smallest absolute Gasteiger partial charge is 0.328 e. The monoisotopic (exact) mass is 340 g/mol. The third kappa shape index (κ3) is 6.00. The molecule has 25 heavy (non-hydrogen) atoms. The van der Waals surface area contributed by atoms with E-state index in [4.69, 9.17) is 16.2 Å². The van der Waals surface area contributed by atoms with Gasteiger partial charge in [0, 0.05) is 24.0 Å². The summed E-state index contributed by atoms with van der Waals surface area (Å²) in [6, 6.07) is 14.2. The molecule has 0 amide bonds. The van der Waals surface area contributed by atoms with Crippen molar-refractivity contribution in [3.05, 3.63) is 65.7 Å². The normalized spacial score (nSPS) is 11.9. The van der Waals surface area contributed by atoms with Gasteiger partial charge in [0.15, 0.2) is 5.96 Å². The standard InChI is InChI=1S/C18H20N4O3/c19-18(20)22-15-6-2-4-13(10-15)16(23)11-21-14-5-1-3-12(9-14)7-8-17(24)25/h1-10,16,21,23H,11H2,(H,24,25)(H4,19,20,22). The molecular formula is C18H20N4O3. The van der Waals surface area contributed by atoms with E-state index < -0.39 is 12.1 Å². The van der Waals surface area contributed by atoms with Crippen molar-refractivity contribution in [1.82, 2.24) is 0 Å². The van der Waals surface area contributed by atoms with Crippen molar-refractivity contribution in [1.29, 1.82) is 5.41 Å². The van der Waals surface area contributed by atoms with E-state index >= 15 is 0 Å². The molecule has 0 bridgehead atoms. The Morgan fingerprint density at radius 1 is 1.20 bits per heavy atom. The second-order valence-corrected chi connectivity index (χ2v) is 5.36. The van der Waals surface area contributed by atoms with Crippen LogP contribution in [-0.4, -0.2) is 28.7 Å². The predicted octanol–water partition coefficient (Wildman–Crippen LogP) is 2.24. The molecule has 2 aromatic carbocycles. The summed E-state index contributed by atoms with van der Waals surface area (Å²) < 4.78 is 0. The lowest BCUT2D eigenvalue weighted by Gasteiger charge is -2.15. The van der Waals surface area contributed by atoms with Gasteiger partial charge in [-0.2, -0.15) is 0 Å². The van der Waals surface area contributed by atoms with Crippen LogP contribution >= 0.6 is 0 Å². The molecule has 0 spiro atoms. The molecule has 0 aliphatic heterocycles. The molecule has 130 valence electrons. The van der Waals surface area contributed by atoms with Gasteiger partial charge >= 0.3 is 5.97 Å². The Labute approximate surface area is 145 Å². The summed E-state index contributed by atoms with van der Waals surface area (Å²) in [6.45, 7) is 0.273. The van der Waals surface area contributed by atoms with E-state index in [1.54, 1.807) is 42.5 Å². The van der Waals surface area contributed by atoms with Crippen LogP contribution in [0.1, 0.15) is 17.2 Å². The van der Waals surface area contributed by atoms with Gasteiger partial charge < -0.3 is 26.6 Å². The van der Waals surface area contributed by atoms with Gasteiger partial charge in [-0.15, -0.1) is 0 Å². The molecule has 1 unspecified atom stereocenters. The van der Waals surface area contributed by atoms with Crippen LogP contribution in [0.5, 0.6) is 0 Å². The van der Waals surface area contributed by atoms with E-state index in [-0.39, 0.29) is 12.5 Å². The van der Waals surface area contributed by atoms with Gasteiger partial charge in [0.05, 0.1) is 6.10 Å². The Balaban J connectivity index is 2.00. The zero-order valence-electron chi connectivity index (χ0n) is 13.4. The maximum absolute atomic E-state index is 10.6. The molecule has 2 aromatic rings. The lowest BCUT2D eigenvalue weighted by atomic mass is 10.1. The number of benzene rings is 2. The third-order valence-corrected chi connectivity index (χ3v) is 3.35. The quantitative estimate of drug-likeness (QED) is 0.260. The van der Waals surface area contributed by atoms with Gasteiger partial charge in [0.25, 0.3) is 0 Å². The molecule has 0 aliphatic rings. The van der Waals surface area contributed by atoms with Crippen LogP contribution < -0.4 is 16.4 Å². The number of carbonyl (C=O) groups is 1. The molecule has 7 nitrogen and oxygen atoms in total. The summed E-state index contributed by atoms with van der Waals surface area (Å²) in [5.41, 5.74) is 8.12. The molecule has 7 heteroatoms. The molecule has 0 saturated carbocycles. The molecule has 1 atom stereocenters. The van der Waals surface area contributed by atoms with Crippen molar-refractivity contribution >= 4 is 29.4 Å². The second kappa shape index (κ2) is 8.51. The fourth-order valence-corrected chi connectivity index (χ4v) is 2.23. The summed E-state index contributed by atoms with van der Waals surface area (Å²) >= 11 is 0. The Bertz CT molecular complexity index is 789. The minimum Gasteiger partial charge on any atom is -0.478 e. The van der Waals surface area contributed by atoms with Crippen molar-refractivity contribution in [2.24, 2.45) is 5.73 Å². The molecular weight excluding hydrogens is 320 g/mol. The van der Waals surface area contributed by atoms with Gasteiger partial charge in [-0.05, 0) is 41.5 Å². The maximum Gasteiger partial charge on any atom is 0.328 e. The van der Waals surface area contributed by atoms with Gasteiger partial charge in [-0.25, -0.2) is 4.79 Å². The topological polar surface area (TPSA) is 131 Å². The average Bonchev–Trinajstić information content (AvgIpc) is 2.58. The number of nitrogens with two attached hydrogens (primary N) is 1. The lowest BCUT2D eigenvalue weighted by Crippen LogP contribution is -2.20. The van der Waals surface area contributed by atoms with Gasteiger partial charge in [0.2, 0.25) is 0 Å². The first kappa shape index (κ1) is 18.0. The Morgan fingerprint density at radius 2 is 1.92 bits per heavy atom. The van der Waals surface area contributed by atoms with E-state index in [9.17, 15) is 9.90 Å². The fraction of sp³-hybridized carbons (Fsp3) is 0.111. The zero-order valence-corrected chi connectivity index (χ0v) is 13.4. The summed E-state index contributed by atoms with van der Waals surface area (Å²) in [5.74, 6) is -1.18. The van der Waals surface area contributed by atoms with E-state index in [2.05, 4.69) is 10.6 Å². The number of aliphatic carboxylic acids is 1. The number of guanidine groups is 1. The van der Waals surface area contributed by atoms with Crippen molar-refractivity contribution in [3.63, 3.8) is 0 Å². The molecule has 2 rings (SSSR count). The molecule has 0 aliphatic carbocycles. The number of carboxylic acids is 1. The summed E-state index contributed by atoms with van der Waals surface area (Å²) in [7, 11) is 0. The predicted molar refractivity (Wildman–Crippen MR) is 98.5 cm³/mol. The molecule has 7 N–H and O–H groups in total. The molecule has 0 heterocycles. The van der Waals surface area contributed by atoms with Crippen LogP contribution in [0, 0.1) is 5.41 Å². The minimum atomic E-state index is -1.01. The Kier molecular flexibility index (Phi) is 6.14. The van der Waals surface area contributed by atoms with E-state index in [1.807, 2.05) is 6.07 Å². The molecule has 0 aromatic heterocycles. The van der Waals surface area contributed by atoms with E-state index in [1.165, 1.54) is 6.08 Å². The van der Waals surface area contributed by atoms with Crippen molar-refractivity contribution < 1.29 is 15.0 Å². The molecule has 0 saturated heterocycles. The first-order valence-electron chi connectivity index (χ1n) is 7.58.